The highest BCUT2D eigenvalue weighted by Crippen LogP contribution is 2.25. The van der Waals surface area contributed by atoms with Crippen LogP contribution < -0.4 is 19.9 Å². The van der Waals surface area contributed by atoms with E-state index in [1.54, 1.807) is 30.3 Å². The van der Waals surface area contributed by atoms with Crippen LogP contribution in [0.2, 0.25) is 0 Å². The Morgan fingerprint density at radius 2 is 1.70 bits per heavy atom. The molecule has 0 aliphatic rings. The zero-order chi connectivity index (χ0) is 16.8. The van der Waals surface area contributed by atoms with Gasteiger partial charge in [0.1, 0.15) is 17.2 Å². The van der Waals surface area contributed by atoms with Gasteiger partial charge in [0.05, 0.1) is 19.8 Å². The summed E-state index contributed by atoms with van der Waals surface area (Å²) in [4.78, 5) is 23.6. The van der Waals surface area contributed by atoms with E-state index in [0.29, 0.717) is 17.1 Å². The van der Waals surface area contributed by atoms with Crippen LogP contribution in [0.1, 0.15) is 20.7 Å². The molecule has 0 spiro atoms. The normalized spacial score (nSPS) is 10.0. The van der Waals surface area contributed by atoms with E-state index < -0.39 is 5.91 Å². The Morgan fingerprint density at radius 3 is 2.35 bits per heavy atom. The molecule has 120 valence electrons. The van der Waals surface area contributed by atoms with E-state index in [2.05, 4.69) is 0 Å². The fourth-order valence-electron chi connectivity index (χ4n) is 1.98. The molecule has 1 amide bonds. The van der Waals surface area contributed by atoms with E-state index in [0.717, 1.165) is 0 Å². The molecule has 2 rings (SSSR count). The zero-order valence-corrected chi connectivity index (χ0v) is 12.9. The topological polar surface area (TPSA) is 87.8 Å². The van der Waals surface area contributed by atoms with E-state index in [1.165, 1.54) is 26.4 Å². The van der Waals surface area contributed by atoms with E-state index >= 15 is 0 Å². The van der Waals surface area contributed by atoms with Crippen LogP contribution in [-0.4, -0.2) is 32.5 Å². The van der Waals surface area contributed by atoms with Crippen molar-refractivity contribution in [3.05, 3.63) is 53.6 Å². The number of Topliss-reactive ketones (excluding diaryl/α,β-unsaturated/α-hetero) is 1. The van der Waals surface area contributed by atoms with Gasteiger partial charge in [0.15, 0.2) is 12.4 Å². The first kappa shape index (κ1) is 16.4. The number of nitrogens with two attached hydrogens (primary N) is 1. The van der Waals surface area contributed by atoms with Crippen molar-refractivity contribution in [1.29, 1.82) is 0 Å². The molecule has 0 aliphatic carbocycles. The summed E-state index contributed by atoms with van der Waals surface area (Å²) < 4.78 is 15.6. The van der Waals surface area contributed by atoms with Crippen LogP contribution >= 0.6 is 0 Å². The van der Waals surface area contributed by atoms with E-state index in [4.69, 9.17) is 19.9 Å². The van der Waals surface area contributed by atoms with Crippen LogP contribution in [0.25, 0.3) is 0 Å². The van der Waals surface area contributed by atoms with Crippen LogP contribution in [0.3, 0.4) is 0 Å². The van der Waals surface area contributed by atoms with Crippen LogP contribution in [0.4, 0.5) is 0 Å². The molecular weight excluding hydrogens is 298 g/mol. The van der Waals surface area contributed by atoms with Crippen LogP contribution in [0, 0.1) is 0 Å². The van der Waals surface area contributed by atoms with Gasteiger partial charge in [-0.05, 0) is 24.3 Å². The first-order valence-corrected chi connectivity index (χ1v) is 6.83. The zero-order valence-electron chi connectivity index (χ0n) is 12.9. The second kappa shape index (κ2) is 7.31. The van der Waals surface area contributed by atoms with Crippen molar-refractivity contribution in [2.24, 2.45) is 5.73 Å². The lowest BCUT2D eigenvalue weighted by Crippen LogP contribution is -2.16. The van der Waals surface area contributed by atoms with E-state index in [1.807, 2.05) is 0 Å². The standard InChI is InChI=1S/C17H17NO5/c1-21-12-5-3-4-11(8-12)15(19)10-23-16-9-13(22-2)6-7-14(16)17(18)20/h3-9H,10H2,1-2H3,(H2,18,20). The number of methoxy groups -OCH3 is 2. The van der Waals surface area contributed by atoms with Crippen molar-refractivity contribution in [3.8, 4) is 17.2 Å². The summed E-state index contributed by atoms with van der Waals surface area (Å²) >= 11 is 0. The Morgan fingerprint density at radius 1 is 1.00 bits per heavy atom. The predicted octanol–water partition coefficient (Wildman–Crippen LogP) is 2.06. The highest BCUT2D eigenvalue weighted by molar-refractivity contribution is 5.98. The SMILES string of the molecule is COc1cccc(C(=O)COc2cc(OC)ccc2C(N)=O)c1. The van der Waals surface area contributed by atoms with Gasteiger partial charge in [0, 0.05) is 11.6 Å². The molecule has 6 nitrogen and oxygen atoms in total. The Bertz CT molecular complexity index is 727. The number of ether oxygens (including phenoxy) is 3. The molecule has 23 heavy (non-hydrogen) atoms. The largest absolute Gasteiger partial charge is 0.497 e. The third-order valence-electron chi connectivity index (χ3n) is 3.20. The van der Waals surface area contributed by atoms with Gasteiger partial charge in [-0.3, -0.25) is 9.59 Å². The van der Waals surface area contributed by atoms with Gasteiger partial charge in [0.25, 0.3) is 5.91 Å². The first-order chi connectivity index (χ1) is 11.0. The molecule has 0 saturated carbocycles. The number of amides is 1. The highest BCUT2D eigenvalue weighted by atomic mass is 16.5. The highest BCUT2D eigenvalue weighted by Gasteiger charge is 2.14. The Balaban J connectivity index is 2.16. The second-order valence-corrected chi connectivity index (χ2v) is 4.67. The summed E-state index contributed by atoms with van der Waals surface area (Å²) in [7, 11) is 3.01. The minimum Gasteiger partial charge on any atom is -0.497 e. The third kappa shape index (κ3) is 4.00. The molecule has 0 fully saturated rings. The number of hydrogen-bond donors (Lipinski definition) is 1. The molecular formula is C17H17NO5. The van der Waals surface area contributed by atoms with Crippen molar-refractivity contribution in [1.82, 2.24) is 0 Å². The molecule has 0 radical (unpaired) electrons. The molecule has 2 aromatic rings. The molecule has 2 aromatic carbocycles. The number of rotatable bonds is 7. The number of primary amides is 1. The van der Waals surface area contributed by atoms with E-state index in [-0.39, 0.29) is 23.7 Å². The van der Waals surface area contributed by atoms with Gasteiger partial charge in [-0.25, -0.2) is 0 Å². The van der Waals surface area contributed by atoms with Crippen molar-refractivity contribution < 1.29 is 23.8 Å². The predicted molar refractivity (Wildman–Crippen MR) is 84.3 cm³/mol. The molecule has 2 N–H and O–H groups in total. The van der Waals surface area contributed by atoms with Crippen molar-refractivity contribution in [2.45, 2.75) is 0 Å². The average molecular weight is 315 g/mol. The summed E-state index contributed by atoms with van der Waals surface area (Å²) in [5.41, 5.74) is 5.94. The summed E-state index contributed by atoms with van der Waals surface area (Å²) in [5.74, 6) is 0.389. The monoisotopic (exact) mass is 315 g/mol. The average Bonchev–Trinajstić information content (AvgIpc) is 2.59. The minimum absolute atomic E-state index is 0.184. The van der Waals surface area contributed by atoms with Gasteiger partial charge >= 0.3 is 0 Å². The van der Waals surface area contributed by atoms with Gasteiger partial charge in [-0.1, -0.05) is 12.1 Å². The second-order valence-electron chi connectivity index (χ2n) is 4.67. The van der Waals surface area contributed by atoms with Crippen LogP contribution in [-0.2, 0) is 0 Å². The quantitative estimate of drug-likeness (QED) is 0.790. The molecule has 6 heteroatoms. The van der Waals surface area contributed by atoms with Crippen molar-refractivity contribution >= 4 is 11.7 Å². The fourth-order valence-corrected chi connectivity index (χ4v) is 1.98. The molecule has 0 aromatic heterocycles. The van der Waals surface area contributed by atoms with E-state index in [9.17, 15) is 9.59 Å². The smallest absolute Gasteiger partial charge is 0.252 e. The molecule has 0 saturated heterocycles. The third-order valence-corrected chi connectivity index (χ3v) is 3.20. The van der Waals surface area contributed by atoms with Crippen molar-refractivity contribution in [3.63, 3.8) is 0 Å². The Kier molecular flexibility index (Phi) is 5.19. The Labute approximate surface area is 133 Å². The maximum atomic E-state index is 12.2. The molecule has 0 bridgehead atoms. The van der Waals surface area contributed by atoms with Gasteiger partial charge in [0.2, 0.25) is 0 Å². The minimum atomic E-state index is -0.642. The molecule has 0 heterocycles. The lowest BCUT2D eigenvalue weighted by Gasteiger charge is -2.11. The number of carbonyl (C=O) groups is 2. The van der Waals surface area contributed by atoms with Crippen molar-refractivity contribution in [2.75, 3.05) is 20.8 Å². The lowest BCUT2D eigenvalue weighted by atomic mass is 10.1. The Hall–Kier alpha value is -3.02. The summed E-state index contributed by atoms with van der Waals surface area (Å²) in [6, 6.07) is 11.3. The maximum absolute atomic E-state index is 12.2. The lowest BCUT2D eigenvalue weighted by molar-refractivity contribution is 0.0911. The summed E-state index contributed by atoms with van der Waals surface area (Å²) in [6.45, 7) is -0.236. The number of ketones is 1. The summed E-state index contributed by atoms with van der Waals surface area (Å²) in [5, 5.41) is 0. The number of benzene rings is 2. The maximum Gasteiger partial charge on any atom is 0.252 e. The number of carbonyl (C=O) groups excluding carboxylic acids is 2. The van der Waals surface area contributed by atoms with Gasteiger partial charge < -0.3 is 19.9 Å². The number of hydrogen-bond acceptors (Lipinski definition) is 5. The first-order valence-electron chi connectivity index (χ1n) is 6.83. The molecule has 0 unspecified atom stereocenters. The molecule has 0 atom stereocenters. The summed E-state index contributed by atoms with van der Waals surface area (Å²) in [6.07, 6.45) is 0. The van der Waals surface area contributed by atoms with Gasteiger partial charge in [-0.15, -0.1) is 0 Å². The van der Waals surface area contributed by atoms with Crippen LogP contribution in [0.5, 0.6) is 17.2 Å². The van der Waals surface area contributed by atoms with Crippen LogP contribution in [0.15, 0.2) is 42.5 Å². The molecule has 0 aliphatic heterocycles. The fraction of sp³-hybridized carbons (Fsp3) is 0.176. The van der Waals surface area contributed by atoms with Gasteiger partial charge in [-0.2, -0.15) is 0 Å².